The molecule has 3 aromatic rings. The van der Waals surface area contributed by atoms with Crippen molar-refractivity contribution in [2.45, 2.75) is 13.5 Å². The standard InChI is InChI=1S/C15H14FN5/c1-10-3-2-4-11(5-10)9-21-15(18-19-20-21)12-6-13(16)8-14(17)7-12/h2-8H,9,17H2,1H3. The lowest BCUT2D eigenvalue weighted by molar-refractivity contribution is 0.627. The van der Waals surface area contributed by atoms with E-state index in [4.69, 9.17) is 5.73 Å². The van der Waals surface area contributed by atoms with Gasteiger partial charge in [0.15, 0.2) is 5.82 Å². The van der Waals surface area contributed by atoms with Crippen molar-refractivity contribution < 1.29 is 4.39 Å². The first-order valence-corrected chi connectivity index (χ1v) is 6.50. The molecule has 0 amide bonds. The number of aryl methyl sites for hydroxylation is 1. The van der Waals surface area contributed by atoms with Crippen molar-refractivity contribution in [3.63, 3.8) is 0 Å². The number of halogens is 1. The monoisotopic (exact) mass is 283 g/mol. The fourth-order valence-corrected chi connectivity index (χ4v) is 2.24. The van der Waals surface area contributed by atoms with Crippen molar-refractivity contribution in [2.24, 2.45) is 0 Å². The molecule has 1 aromatic heterocycles. The number of hydrogen-bond acceptors (Lipinski definition) is 4. The number of anilines is 1. The summed E-state index contributed by atoms with van der Waals surface area (Å²) < 4.78 is 15.1. The van der Waals surface area contributed by atoms with Gasteiger partial charge >= 0.3 is 0 Å². The molecule has 6 heteroatoms. The number of aromatic nitrogens is 4. The molecule has 0 unspecified atom stereocenters. The predicted molar refractivity (Wildman–Crippen MR) is 77.9 cm³/mol. The van der Waals surface area contributed by atoms with Gasteiger partial charge in [0.25, 0.3) is 0 Å². The summed E-state index contributed by atoms with van der Waals surface area (Å²) in [5.41, 5.74) is 8.81. The van der Waals surface area contributed by atoms with E-state index >= 15 is 0 Å². The number of nitrogens with two attached hydrogens (primary N) is 1. The van der Waals surface area contributed by atoms with Crippen LogP contribution in [-0.4, -0.2) is 20.2 Å². The maximum Gasteiger partial charge on any atom is 0.182 e. The maximum atomic E-state index is 13.5. The first kappa shape index (κ1) is 13.2. The van der Waals surface area contributed by atoms with E-state index in [9.17, 15) is 4.39 Å². The molecule has 2 N–H and O–H groups in total. The molecule has 0 saturated carbocycles. The van der Waals surface area contributed by atoms with Crippen LogP contribution in [0, 0.1) is 12.7 Å². The average Bonchev–Trinajstić information content (AvgIpc) is 2.85. The van der Waals surface area contributed by atoms with Crippen LogP contribution in [0.3, 0.4) is 0 Å². The van der Waals surface area contributed by atoms with Crippen molar-refractivity contribution in [1.29, 1.82) is 0 Å². The lowest BCUT2D eigenvalue weighted by Crippen LogP contribution is -2.05. The minimum atomic E-state index is -0.407. The fourth-order valence-electron chi connectivity index (χ4n) is 2.24. The van der Waals surface area contributed by atoms with Gasteiger partial charge in [-0.3, -0.25) is 0 Å². The third kappa shape index (κ3) is 2.89. The Morgan fingerprint density at radius 3 is 2.81 bits per heavy atom. The molecule has 0 fully saturated rings. The molecule has 0 aliphatic heterocycles. The molecule has 0 spiro atoms. The Morgan fingerprint density at radius 2 is 2.05 bits per heavy atom. The third-order valence-electron chi connectivity index (χ3n) is 3.13. The molecule has 0 atom stereocenters. The van der Waals surface area contributed by atoms with Gasteiger partial charge in [0, 0.05) is 11.3 Å². The summed E-state index contributed by atoms with van der Waals surface area (Å²) in [6, 6.07) is 12.4. The third-order valence-corrected chi connectivity index (χ3v) is 3.13. The zero-order chi connectivity index (χ0) is 14.8. The number of rotatable bonds is 3. The Bertz CT molecular complexity index is 761. The fraction of sp³-hybridized carbons (Fsp3) is 0.133. The van der Waals surface area contributed by atoms with Gasteiger partial charge in [-0.15, -0.1) is 5.10 Å². The first-order valence-electron chi connectivity index (χ1n) is 6.50. The SMILES string of the molecule is Cc1cccc(Cn2nnnc2-c2cc(N)cc(F)c2)c1. The van der Waals surface area contributed by atoms with Crippen molar-refractivity contribution in [1.82, 2.24) is 20.2 Å². The average molecular weight is 283 g/mol. The molecule has 0 saturated heterocycles. The van der Waals surface area contributed by atoms with Crippen molar-refractivity contribution >= 4 is 5.69 Å². The number of nitrogens with zero attached hydrogens (tertiary/aromatic N) is 4. The highest BCUT2D eigenvalue weighted by Crippen LogP contribution is 2.21. The Morgan fingerprint density at radius 1 is 1.19 bits per heavy atom. The van der Waals surface area contributed by atoms with E-state index in [2.05, 4.69) is 21.6 Å². The molecule has 0 bridgehead atoms. The van der Waals surface area contributed by atoms with Crippen molar-refractivity contribution in [3.8, 4) is 11.4 Å². The lowest BCUT2D eigenvalue weighted by atomic mass is 10.1. The maximum absolute atomic E-state index is 13.5. The summed E-state index contributed by atoms with van der Waals surface area (Å²) in [4.78, 5) is 0. The zero-order valence-electron chi connectivity index (χ0n) is 11.5. The van der Waals surface area contributed by atoms with Crippen LogP contribution in [-0.2, 0) is 6.54 Å². The van der Waals surface area contributed by atoms with E-state index in [-0.39, 0.29) is 0 Å². The van der Waals surface area contributed by atoms with Crippen molar-refractivity contribution in [3.05, 3.63) is 59.4 Å². The molecule has 5 nitrogen and oxygen atoms in total. The van der Waals surface area contributed by atoms with Crippen LogP contribution in [0.2, 0.25) is 0 Å². The van der Waals surface area contributed by atoms with Gasteiger partial charge in [-0.05, 0) is 41.1 Å². The smallest absolute Gasteiger partial charge is 0.182 e. The van der Waals surface area contributed by atoms with Crippen LogP contribution < -0.4 is 5.73 Å². The van der Waals surface area contributed by atoms with E-state index in [0.717, 1.165) is 11.1 Å². The topological polar surface area (TPSA) is 69.6 Å². The molecular weight excluding hydrogens is 269 g/mol. The minimum absolute atomic E-state index is 0.343. The van der Waals surface area contributed by atoms with Crippen molar-refractivity contribution in [2.75, 3.05) is 5.73 Å². The molecule has 0 radical (unpaired) electrons. The van der Waals surface area contributed by atoms with Gasteiger partial charge in [-0.1, -0.05) is 29.8 Å². The van der Waals surface area contributed by atoms with Crippen LogP contribution in [0.1, 0.15) is 11.1 Å². The summed E-state index contributed by atoms with van der Waals surface area (Å²) in [5.74, 6) is 0.0813. The van der Waals surface area contributed by atoms with E-state index in [1.807, 2.05) is 25.1 Å². The van der Waals surface area contributed by atoms with E-state index in [1.165, 1.54) is 12.1 Å². The normalized spacial score (nSPS) is 10.8. The number of nitrogen functional groups attached to an aromatic ring is 1. The molecule has 0 aliphatic rings. The Hall–Kier alpha value is -2.76. The minimum Gasteiger partial charge on any atom is -0.399 e. The van der Waals surface area contributed by atoms with Gasteiger partial charge in [0.05, 0.1) is 6.54 Å². The highest BCUT2D eigenvalue weighted by Gasteiger charge is 2.11. The largest absolute Gasteiger partial charge is 0.399 e. The van der Waals surface area contributed by atoms with Gasteiger partial charge in [-0.25, -0.2) is 9.07 Å². The molecule has 106 valence electrons. The summed E-state index contributed by atoms with van der Waals surface area (Å²) in [7, 11) is 0. The van der Waals surface area contributed by atoms with Crippen LogP contribution in [0.25, 0.3) is 11.4 Å². The second-order valence-electron chi connectivity index (χ2n) is 4.92. The highest BCUT2D eigenvalue weighted by atomic mass is 19.1. The predicted octanol–water partition coefficient (Wildman–Crippen LogP) is 2.42. The van der Waals surface area contributed by atoms with E-state index < -0.39 is 5.82 Å². The summed E-state index contributed by atoms with van der Waals surface area (Å²) in [5, 5.41) is 11.6. The van der Waals surface area contributed by atoms with Gasteiger partial charge < -0.3 is 5.73 Å². The van der Waals surface area contributed by atoms with Crippen LogP contribution in [0.5, 0.6) is 0 Å². The Kier molecular flexibility index (Phi) is 3.35. The molecule has 3 rings (SSSR count). The second-order valence-corrected chi connectivity index (χ2v) is 4.92. The van der Waals surface area contributed by atoms with E-state index in [0.29, 0.717) is 23.6 Å². The lowest BCUT2D eigenvalue weighted by Gasteiger charge is -2.06. The molecule has 0 aliphatic carbocycles. The Labute approximate surface area is 121 Å². The number of tetrazole rings is 1. The molecular formula is C15H14FN5. The summed E-state index contributed by atoms with van der Waals surface area (Å²) in [6.45, 7) is 2.54. The van der Waals surface area contributed by atoms with Crippen LogP contribution in [0.15, 0.2) is 42.5 Å². The summed E-state index contributed by atoms with van der Waals surface area (Å²) in [6.07, 6.45) is 0. The van der Waals surface area contributed by atoms with Gasteiger partial charge in [-0.2, -0.15) is 0 Å². The first-order chi connectivity index (χ1) is 10.1. The van der Waals surface area contributed by atoms with Gasteiger partial charge in [0.1, 0.15) is 5.82 Å². The Balaban J connectivity index is 1.97. The zero-order valence-corrected chi connectivity index (χ0v) is 11.5. The van der Waals surface area contributed by atoms with E-state index in [1.54, 1.807) is 10.7 Å². The number of benzene rings is 2. The summed E-state index contributed by atoms with van der Waals surface area (Å²) >= 11 is 0. The highest BCUT2D eigenvalue weighted by molar-refractivity contribution is 5.61. The molecule has 2 aromatic carbocycles. The van der Waals surface area contributed by atoms with Gasteiger partial charge in [0.2, 0.25) is 0 Å². The van der Waals surface area contributed by atoms with Crippen LogP contribution >= 0.6 is 0 Å². The van der Waals surface area contributed by atoms with Crippen LogP contribution in [0.4, 0.5) is 10.1 Å². The molecule has 1 heterocycles. The quantitative estimate of drug-likeness (QED) is 0.749. The second kappa shape index (κ2) is 5.32. The molecule has 21 heavy (non-hydrogen) atoms. The number of hydrogen-bond donors (Lipinski definition) is 1.